The predicted octanol–water partition coefficient (Wildman–Crippen LogP) is -3.41. The summed E-state index contributed by atoms with van der Waals surface area (Å²) >= 11 is 0. The van der Waals surface area contributed by atoms with Gasteiger partial charge in [-0.3, -0.25) is 19.0 Å². The Morgan fingerprint density at radius 1 is 1.33 bits per heavy atom. The number of fused-ring (bicyclic) bond motifs is 2. The highest BCUT2D eigenvalue weighted by Gasteiger charge is 2.49. The van der Waals surface area contributed by atoms with Gasteiger partial charge in [0.05, 0.1) is 25.7 Å². The first-order chi connectivity index (χ1) is 14.2. The molecule has 3 rings (SSSR count). The lowest BCUT2D eigenvalue weighted by Crippen LogP contribution is -2.49. The molecule has 4 N–H and O–H groups in total. The van der Waals surface area contributed by atoms with Crippen molar-refractivity contribution < 1.29 is 41.2 Å². The van der Waals surface area contributed by atoms with Crippen molar-refractivity contribution in [1.29, 1.82) is 0 Å². The van der Waals surface area contributed by atoms with Gasteiger partial charge in [-0.15, -0.1) is 4.28 Å². The van der Waals surface area contributed by atoms with Crippen molar-refractivity contribution in [1.82, 2.24) is 35.7 Å². The number of esters is 1. The molecule has 0 radical (unpaired) electrons. The summed E-state index contributed by atoms with van der Waals surface area (Å²) in [6.45, 7) is -0.395. The highest BCUT2D eigenvalue weighted by Crippen LogP contribution is 2.30. The van der Waals surface area contributed by atoms with Crippen molar-refractivity contribution in [2.75, 3.05) is 19.7 Å². The van der Waals surface area contributed by atoms with Crippen LogP contribution in [0, 0.1) is 0 Å². The van der Waals surface area contributed by atoms with E-state index in [9.17, 15) is 22.8 Å². The van der Waals surface area contributed by atoms with Crippen LogP contribution in [-0.4, -0.2) is 92.8 Å². The van der Waals surface area contributed by atoms with E-state index in [0.717, 1.165) is 9.58 Å². The summed E-state index contributed by atoms with van der Waals surface area (Å²) in [6, 6.07) is -2.59. The fraction of sp³-hybridized carbons (Fsp3) is 0.667. The van der Waals surface area contributed by atoms with Gasteiger partial charge >= 0.3 is 28.4 Å². The number of amides is 3. The number of carbonyl (C=O) groups excluding carboxylic acids is 3. The number of carbonyl (C=O) groups is 3. The van der Waals surface area contributed by atoms with Crippen molar-refractivity contribution >= 4 is 28.3 Å². The molecule has 0 aliphatic carbocycles. The molecule has 1 aromatic heterocycles. The molecule has 2 fully saturated rings. The number of ether oxygens (including phenoxy) is 1. The van der Waals surface area contributed by atoms with Gasteiger partial charge in [0.2, 0.25) is 0 Å². The summed E-state index contributed by atoms with van der Waals surface area (Å²) in [7, 11) is -4.87. The van der Waals surface area contributed by atoms with Crippen LogP contribution in [0.25, 0.3) is 0 Å². The van der Waals surface area contributed by atoms with E-state index in [1.165, 1.54) is 0 Å². The van der Waals surface area contributed by atoms with Crippen LogP contribution in [-0.2, 0) is 35.7 Å². The van der Waals surface area contributed by atoms with E-state index in [-0.39, 0.29) is 45.1 Å². The standard InChI is InChI=1S/C12H18N8O9S/c13-5-9(21)28-11-14-16-17-19(11)3-4-27-15-10(22)8-2-1-7-6-18(8)12(23)20(7)29-30(24,25)26/h7-8H,1-6,13H2,(H,15,22)(H,24,25,26)/t7-,8+/m1/s1. The number of urea groups is 1. The fourth-order valence-corrected chi connectivity index (χ4v) is 3.37. The van der Waals surface area contributed by atoms with Gasteiger partial charge in [-0.25, -0.2) is 10.3 Å². The van der Waals surface area contributed by atoms with Crippen LogP contribution in [0.1, 0.15) is 12.8 Å². The molecule has 0 saturated carbocycles. The lowest BCUT2D eigenvalue weighted by molar-refractivity contribution is -0.139. The van der Waals surface area contributed by atoms with E-state index in [1.807, 2.05) is 0 Å². The summed E-state index contributed by atoms with van der Waals surface area (Å²) in [5.74, 6) is -1.37. The Morgan fingerprint density at radius 2 is 2.10 bits per heavy atom. The minimum absolute atomic E-state index is 0.0197. The van der Waals surface area contributed by atoms with Crippen molar-refractivity contribution in [3.05, 3.63) is 0 Å². The molecule has 2 aliphatic rings. The number of hydrogen-bond acceptors (Lipinski definition) is 12. The van der Waals surface area contributed by atoms with Gasteiger partial charge in [0.25, 0.3) is 5.91 Å². The van der Waals surface area contributed by atoms with Gasteiger partial charge in [0, 0.05) is 6.54 Å². The average Bonchev–Trinajstić information content (AvgIpc) is 3.22. The maximum absolute atomic E-state index is 12.3. The van der Waals surface area contributed by atoms with Crippen molar-refractivity contribution in [2.24, 2.45) is 5.73 Å². The van der Waals surface area contributed by atoms with E-state index < -0.39 is 40.4 Å². The highest BCUT2D eigenvalue weighted by atomic mass is 32.3. The first kappa shape index (κ1) is 21.8. The second-order valence-corrected chi connectivity index (χ2v) is 7.19. The topological polar surface area (TPSA) is 221 Å². The molecule has 17 nitrogen and oxygen atoms in total. The van der Waals surface area contributed by atoms with Crippen LogP contribution in [0.5, 0.6) is 6.01 Å². The van der Waals surface area contributed by atoms with Crippen LogP contribution >= 0.6 is 0 Å². The van der Waals surface area contributed by atoms with E-state index in [0.29, 0.717) is 5.06 Å². The molecular weight excluding hydrogens is 432 g/mol. The Balaban J connectivity index is 1.48. The molecule has 3 amide bonds. The van der Waals surface area contributed by atoms with Crippen LogP contribution < -0.4 is 16.0 Å². The molecule has 2 atom stereocenters. The highest BCUT2D eigenvalue weighted by molar-refractivity contribution is 7.80. The van der Waals surface area contributed by atoms with Crippen LogP contribution in [0.4, 0.5) is 4.79 Å². The third kappa shape index (κ3) is 4.97. The minimum Gasteiger partial charge on any atom is -0.389 e. The number of nitrogens with two attached hydrogens (primary N) is 1. The minimum atomic E-state index is -4.87. The number of nitrogens with zero attached hydrogens (tertiary/aromatic N) is 6. The van der Waals surface area contributed by atoms with Crippen LogP contribution in [0.15, 0.2) is 0 Å². The lowest BCUT2D eigenvalue weighted by Gasteiger charge is -2.28. The number of tetrazole rings is 1. The monoisotopic (exact) mass is 450 g/mol. The molecule has 2 saturated heterocycles. The fourth-order valence-electron chi connectivity index (χ4n) is 2.98. The Kier molecular flexibility index (Phi) is 6.41. The maximum atomic E-state index is 12.3. The molecule has 3 heterocycles. The van der Waals surface area contributed by atoms with Crippen molar-refractivity contribution in [3.8, 4) is 6.01 Å². The molecular formula is C12H18N8O9S. The van der Waals surface area contributed by atoms with Gasteiger partial charge in [-0.05, 0) is 23.3 Å². The number of aromatic nitrogens is 4. The summed E-state index contributed by atoms with van der Waals surface area (Å²) < 4.78 is 40.7. The average molecular weight is 450 g/mol. The van der Waals surface area contributed by atoms with Crippen molar-refractivity contribution in [2.45, 2.75) is 31.5 Å². The van der Waals surface area contributed by atoms with Gasteiger partial charge < -0.3 is 15.4 Å². The van der Waals surface area contributed by atoms with E-state index in [2.05, 4.69) is 25.3 Å². The van der Waals surface area contributed by atoms with Gasteiger partial charge in [-0.1, -0.05) is 5.10 Å². The van der Waals surface area contributed by atoms with E-state index >= 15 is 0 Å². The van der Waals surface area contributed by atoms with Crippen LogP contribution in [0.2, 0.25) is 0 Å². The Morgan fingerprint density at radius 3 is 2.80 bits per heavy atom. The first-order valence-electron chi connectivity index (χ1n) is 8.55. The molecule has 0 unspecified atom stereocenters. The molecule has 0 spiro atoms. The van der Waals surface area contributed by atoms with Gasteiger partial charge in [-0.2, -0.15) is 18.2 Å². The summed E-state index contributed by atoms with van der Waals surface area (Å²) in [5.41, 5.74) is 7.32. The van der Waals surface area contributed by atoms with Crippen molar-refractivity contribution in [3.63, 3.8) is 0 Å². The Hall–Kier alpha value is -2.93. The van der Waals surface area contributed by atoms with E-state index in [1.54, 1.807) is 0 Å². The second-order valence-electron chi connectivity index (χ2n) is 6.19. The zero-order chi connectivity index (χ0) is 21.9. The molecule has 166 valence electrons. The number of rotatable bonds is 9. The number of nitrogens with one attached hydrogen (secondary N) is 1. The number of hydroxylamine groups is 3. The smallest absolute Gasteiger partial charge is 0.389 e. The molecule has 2 aliphatic heterocycles. The normalized spacial score (nSPS) is 21.1. The Labute approximate surface area is 168 Å². The molecule has 18 heteroatoms. The van der Waals surface area contributed by atoms with Gasteiger partial charge in [0.15, 0.2) is 0 Å². The SMILES string of the molecule is NCC(=O)Oc1nnnn1CCONC(=O)[C@@H]1CC[C@@H]2CN1C(=O)N2OS(=O)(=O)O. The number of hydrogen-bond donors (Lipinski definition) is 3. The molecule has 0 aromatic carbocycles. The maximum Gasteiger partial charge on any atom is 0.418 e. The molecule has 1 aromatic rings. The lowest BCUT2D eigenvalue weighted by atomic mass is 10.0. The zero-order valence-electron chi connectivity index (χ0n) is 15.3. The predicted molar refractivity (Wildman–Crippen MR) is 90.0 cm³/mol. The second kappa shape index (κ2) is 8.83. The van der Waals surface area contributed by atoms with E-state index in [4.69, 9.17) is 19.9 Å². The van der Waals surface area contributed by atoms with Gasteiger partial charge in [0.1, 0.15) is 6.04 Å². The van der Waals surface area contributed by atoms with Crippen LogP contribution in [0.3, 0.4) is 0 Å². The first-order valence-corrected chi connectivity index (χ1v) is 9.91. The molecule has 2 bridgehead atoms. The Bertz CT molecular complexity index is 921. The summed E-state index contributed by atoms with van der Waals surface area (Å²) in [4.78, 5) is 42.0. The summed E-state index contributed by atoms with van der Waals surface area (Å²) in [5, 5.41) is 11.0. The third-order valence-corrected chi connectivity index (χ3v) is 4.60. The quantitative estimate of drug-likeness (QED) is 0.144. The zero-order valence-corrected chi connectivity index (χ0v) is 16.1. The summed E-state index contributed by atoms with van der Waals surface area (Å²) in [6.07, 6.45) is 0.499. The number of piperidine rings is 1. The largest absolute Gasteiger partial charge is 0.418 e. The molecule has 30 heavy (non-hydrogen) atoms. The third-order valence-electron chi connectivity index (χ3n) is 4.25.